The van der Waals surface area contributed by atoms with Crippen molar-refractivity contribution < 1.29 is 18.1 Å². The molecule has 2 aromatic carbocycles. The summed E-state index contributed by atoms with van der Waals surface area (Å²) >= 11 is 1.33. The van der Waals surface area contributed by atoms with Crippen molar-refractivity contribution in [3.63, 3.8) is 0 Å². The Labute approximate surface area is 158 Å². The molecule has 0 aliphatic heterocycles. The number of hydrogen-bond donors (Lipinski definition) is 0. The summed E-state index contributed by atoms with van der Waals surface area (Å²) < 4.78 is 29.3. The van der Waals surface area contributed by atoms with Crippen LogP contribution in [0.3, 0.4) is 0 Å². The van der Waals surface area contributed by atoms with Crippen molar-refractivity contribution in [3.05, 3.63) is 66.4 Å². The van der Waals surface area contributed by atoms with Gasteiger partial charge in [-0.3, -0.25) is 0 Å². The number of methoxy groups -OCH3 is 1. The standard InChI is InChI=1S/C19H14FN3O3S/c1-24-15-5-3-2-4-14(15)18-22-17(26-23-18)11-27-19-21-10-16(25-19)12-6-8-13(20)9-7-12/h2-10H,11H2,1H3. The maximum Gasteiger partial charge on any atom is 0.256 e. The summed E-state index contributed by atoms with van der Waals surface area (Å²) in [6.07, 6.45) is 1.60. The predicted octanol–water partition coefficient (Wildman–Crippen LogP) is 4.83. The van der Waals surface area contributed by atoms with Crippen LogP contribution in [0.4, 0.5) is 4.39 Å². The van der Waals surface area contributed by atoms with E-state index in [0.29, 0.717) is 34.2 Å². The van der Waals surface area contributed by atoms with Gasteiger partial charge < -0.3 is 13.7 Å². The molecule has 2 heterocycles. The molecule has 0 N–H and O–H groups in total. The Morgan fingerprint density at radius 2 is 1.93 bits per heavy atom. The predicted molar refractivity (Wildman–Crippen MR) is 97.7 cm³/mol. The van der Waals surface area contributed by atoms with Gasteiger partial charge in [-0.15, -0.1) is 0 Å². The highest BCUT2D eigenvalue weighted by molar-refractivity contribution is 7.98. The third-order valence-corrected chi connectivity index (χ3v) is 4.58. The molecule has 0 atom stereocenters. The SMILES string of the molecule is COc1ccccc1-c1noc(CSc2ncc(-c3ccc(F)cc3)o2)n1. The Bertz CT molecular complexity index is 1050. The molecule has 8 heteroatoms. The van der Waals surface area contributed by atoms with Crippen molar-refractivity contribution in [2.24, 2.45) is 0 Å². The Morgan fingerprint density at radius 1 is 1.11 bits per heavy atom. The molecule has 4 rings (SSSR count). The van der Waals surface area contributed by atoms with Crippen LogP contribution in [0.5, 0.6) is 5.75 Å². The van der Waals surface area contributed by atoms with Gasteiger partial charge in [0.15, 0.2) is 5.76 Å². The normalized spacial score (nSPS) is 10.9. The molecular formula is C19H14FN3O3S. The van der Waals surface area contributed by atoms with E-state index in [1.165, 1.54) is 23.9 Å². The number of thioether (sulfide) groups is 1. The largest absolute Gasteiger partial charge is 0.496 e. The molecule has 0 unspecified atom stereocenters. The lowest BCUT2D eigenvalue weighted by molar-refractivity contribution is 0.389. The number of nitrogens with zero attached hydrogens (tertiary/aromatic N) is 3. The highest BCUT2D eigenvalue weighted by Crippen LogP contribution is 2.30. The number of rotatable bonds is 6. The number of benzene rings is 2. The molecule has 0 bridgehead atoms. The van der Waals surface area contributed by atoms with E-state index in [9.17, 15) is 4.39 Å². The van der Waals surface area contributed by atoms with E-state index in [0.717, 1.165) is 11.1 Å². The first kappa shape index (κ1) is 17.3. The summed E-state index contributed by atoms with van der Waals surface area (Å²) in [5.74, 6) is 2.26. The number of halogens is 1. The van der Waals surface area contributed by atoms with Gasteiger partial charge in [0.05, 0.1) is 24.6 Å². The van der Waals surface area contributed by atoms with Crippen LogP contribution >= 0.6 is 11.8 Å². The smallest absolute Gasteiger partial charge is 0.256 e. The zero-order chi connectivity index (χ0) is 18.6. The zero-order valence-corrected chi connectivity index (χ0v) is 15.1. The van der Waals surface area contributed by atoms with Crippen molar-refractivity contribution in [1.82, 2.24) is 15.1 Å². The molecule has 4 aromatic rings. The monoisotopic (exact) mass is 383 g/mol. The summed E-state index contributed by atoms with van der Waals surface area (Å²) in [6.45, 7) is 0. The third-order valence-electron chi connectivity index (χ3n) is 3.75. The maximum absolute atomic E-state index is 13.0. The molecule has 27 heavy (non-hydrogen) atoms. The molecule has 0 amide bonds. The maximum atomic E-state index is 13.0. The number of oxazole rings is 1. The Hall–Kier alpha value is -3.13. The van der Waals surface area contributed by atoms with Gasteiger partial charge in [-0.05, 0) is 36.4 Å². The van der Waals surface area contributed by atoms with Gasteiger partial charge in [0, 0.05) is 5.56 Å². The lowest BCUT2D eigenvalue weighted by atomic mass is 10.2. The molecule has 0 spiro atoms. The van der Waals surface area contributed by atoms with Crippen LogP contribution in [0, 0.1) is 5.82 Å². The molecular weight excluding hydrogens is 369 g/mol. The van der Waals surface area contributed by atoms with Crippen LogP contribution < -0.4 is 4.74 Å². The first-order chi connectivity index (χ1) is 13.2. The number of para-hydroxylation sites is 1. The van der Waals surface area contributed by atoms with Crippen LogP contribution in [0.15, 0.2) is 68.9 Å². The molecule has 0 saturated carbocycles. The molecule has 0 aliphatic rings. The molecule has 0 fully saturated rings. The van der Waals surface area contributed by atoms with Gasteiger partial charge in [0.25, 0.3) is 5.22 Å². The van der Waals surface area contributed by atoms with Crippen molar-refractivity contribution in [2.45, 2.75) is 11.0 Å². The van der Waals surface area contributed by atoms with E-state index < -0.39 is 0 Å². The highest BCUT2D eigenvalue weighted by Gasteiger charge is 2.14. The average molecular weight is 383 g/mol. The van der Waals surface area contributed by atoms with Gasteiger partial charge in [-0.25, -0.2) is 9.37 Å². The zero-order valence-electron chi connectivity index (χ0n) is 14.3. The molecule has 136 valence electrons. The van der Waals surface area contributed by atoms with E-state index in [4.69, 9.17) is 13.7 Å². The number of hydrogen-bond acceptors (Lipinski definition) is 7. The van der Waals surface area contributed by atoms with Gasteiger partial charge >= 0.3 is 0 Å². The quantitative estimate of drug-likeness (QED) is 0.441. The van der Waals surface area contributed by atoms with E-state index in [-0.39, 0.29) is 5.82 Å². The average Bonchev–Trinajstić information content (AvgIpc) is 3.36. The first-order valence-electron chi connectivity index (χ1n) is 8.03. The highest BCUT2D eigenvalue weighted by atomic mass is 32.2. The minimum Gasteiger partial charge on any atom is -0.496 e. The van der Waals surface area contributed by atoms with Gasteiger partial charge in [0.1, 0.15) is 11.6 Å². The molecule has 0 radical (unpaired) electrons. The van der Waals surface area contributed by atoms with Crippen LogP contribution in [0.2, 0.25) is 0 Å². The van der Waals surface area contributed by atoms with Crippen LogP contribution in [0.25, 0.3) is 22.7 Å². The lowest BCUT2D eigenvalue weighted by Gasteiger charge is -2.02. The fourth-order valence-electron chi connectivity index (χ4n) is 2.45. The summed E-state index contributed by atoms with van der Waals surface area (Å²) in [4.78, 5) is 8.60. The van der Waals surface area contributed by atoms with E-state index in [1.54, 1.807) is 25.4 Å². The fraction of sp³-hybridized carbons (Fsp3) is 0.105. The molecule has 0 saturated heterocycles. The number of aromatic nitrogens is 3. The van der Waals surface area contributed by atoms with Gasteiger partial charge in [-0.1, -0.05) is 29.1 Å². The topological polar surface area (TPSA) is 74.2 Å². The van der Waals surface area contributed by atoms with Crippen molar-refractivity contribution in [3.8, 4) is 28.5 Å². The first-order valence-corrected chi connectivity index (χ1v) is 9.02. The minimum atomic E-state index is -0.296. The number of ether oxygens (including phenoxy) is 1. The summed E-state index contributed by atoms with van der Waals surface area (Å²) in [7, 11) is 1.59. The van der Waals surface area contributed by atoms with Gasteiger partial charge in [-0.2, -0.15) is 4.98 Å². The minimum absolute atomic E-state index is 0.296. The second-order valence-electron chi connectivity index (χ2n) is 5.50. The van der Waals surface area contributed by atoms with E-state index in [2.05, 4.69) is 15.1 Å². The summed E-state index contributed by atoms with van der Waals surface area (Å²) in [5, 5.41) is 4.47. The van der Waals surface area contributed by atoms with Crippen molar-refractivity contribution in [2.75, 3.05) is 7.11 Å². The molecule has 0 aliphatic carbocycles. The van der Waals surface area contributed by atoms with Gasteiger partial charge in [0.2, 0.25) is 11.7 Å². The Morgan fingerprint density at radius 3 is 2.74 bits per heavy atom. The summed E-state index contributed by atoms with van der Waals surface area (Å²) in [6, 6.07) is 13.5. The molecule has 6 nitrogen and oxygen atoms in total. The van der Waals surface area contributed by atoms with Crippen LogP contribution in [0.1, 0.15) is 5.89 Å². The second kappa shape index (κ2) is 7.63. The van der Waals surface area contributed by atoms with E-state index >= 15 is 0 Å². The molecule has 2 aromatic heterocycles. The Kier molecular flexibility index (Phi) is 4.88. The lowest BCUT2D eigenvalue weighted by Crippen LogP contribution is -1.89. The van der Waals surface area contributed by atoms with Crippen LogP contribution in [-0.2, 0) is 5.75 Å². The summed E-state index contributed by atoms with van der Waals surface area (Å²) in [5.41, 5.74) is 1.52. The third kappa shape index (κ3) is 3.85. The van der Waals surface area contributed by atoms with Crippen molar-refractivity contribution >= 4 is 11.8 Å². The van der Waals surface area contributed by atoms with E-state index in [1.807, 2.05) is 24.3 Å². The fourth-order valence-corrected chi connectivity index (χ4v) is 3.09. The second-order valence-corrected chi connectivity index (χ2v) is 6.42. The van der Waals surface area contributed by atoms with Crippen molar-refractivity contribution in [1.29, 1.82) is 0 Å². The Balaban J connectivity index is 1.44. The van der Waals surface area contributed by atoms with Crippen LogP contribution in [-0.4, -0.2) is 22.2 Å².